The van der Waals surface area contributed by atoms with Crippen LogP contribution in [0.5, 0.6) is 0 Å². The maximum atomic E-state index is 12.0. The molecule has 0 bridgehead atoms. The number of rotatable bonds is 7. The fourth-order valence-electron chi connectivity index (χ4n) is 22.2. The third-order valence-corrected chi connectivity index (χ3v) is 27.7. The Morgan fingerprint density at radius 2 is 0.943 bits per heavy atom. The van der Waals surface area contributed by atoms with Gasteiger partial charge in [-0.3, -0.25) is 19.2 Å². The minimum Gasteiger partial charge on any atom is -0.481 e. The van der Waals surface area contributed by atoms with Crippen LogP contribution in [0.1, 0.15) is 287 Å². The molecule has 88 heavy (non-hydrogen) atoms. The van der Waals surface area contributed by atoms with Gasteiger partial charge < -0.3 is 20.4 Å². The molecule has 0 spiro atoms. The Morgan fingerprint density at radius 3 is 1.45 bits per heavy atom. The number of carbonyl (C=O) groups is 4. The van der Waals surface area contributed by atoms with Crippen LogP contribution in [-0.4, -0.2) is 44.3 Å². The molecule has 6 saturated carbocycles. The van der Waals surface area contributed by atoms with Crippen molar-refractivity contribution in [1.29, 1.82) is 0 Å². The van der Waals surface area contributed by atoms with Crippen molar-refractivity contribution in [1.82, 2.24) is 0 Å². The number of benzene rings is 1. The quantitative estimate of drug-likeness (QED) is 0.211. The summed E-state index contributed by atoms with van der Waals surface area (Å²) in [7, 11) is 0. The molecule has 1 aromatic carbocycles. The van der Waals surface area contributed by atoms with Crippen LogP contribution in [0, 0.1) is 85.2 Å². The highest BCUT2D eigenvalue weighted by Crippen LogP contribution is 2.66. The lowest BCUT2D eigenvalue weighted by molar-refractivity contribution is -0.164. The van der Waals surface area contributed by atoms with Crippen molar-refractivity contribution in [2.24, 2.45) is 85.2 Å². The van der Waals surface area contributed by atoms with Crippen LogP contribution in [0.2, 0.25) is 0 Å². The predicted octanol–water partition coefficient (Wildman–Crippen LogP) is 20.8. The fourth-order valence-corrected chi connectivity index (χ4v) is 22.2. The van der Waals surface area contributed by atoms with E-state index in [1.54, 1.807) is 27.9 Å². The van der Waals surface area contributed by atoms with Crippen molar-refractivity contribution in [2.45, 2.75) is 283 Å². The zero-order valence-electron chi connectivity index (χ0n) is 57.8. The first-order valence-corrected chi connectivity index (χ1v) is 35.4. The minimum atomic E-state index is -0.606. The molecule has 11 aliphatic carbocycles. The third kappa shape index (κ3) is 11.8. The Morgan fingerprint density at radius 1 is 0.466 bits per heavy atom. The summed E-state index contributed by atoms with van der Waals surface area (Å²) in [5.74, 6) is 1.82. The molecule has 0 radical (unpaired) electrons. The van der Waals surface area contributed by atoms with Crippen molar-refractivity contribution >= 4 is 23.9 Å². The van der Waals surface area contributed by atoms with Gasteiger partial charge in [0.25, 0.3) is 0 Å². The molecule has 11 aliphatic rings. The highest BCUT2D eigenvalue weighted by molar-refractivity contribution is 5.77. The lowest BCUT2D eigenvalue weighted by atomic mass is 9.46. The van der Waals surface area contributed by atoms with Gasteiger partial charge in [-0.15, -0.1) is 0 Å². The number of aliphatic carboxylic acids is 4. The van der Waals surface area contributed by atoms with Gasteiger partial charge in [0.15, 0.2) is 0 Å². The minimum absolute atomic E-state index is 0.0223. The van der Waals surface area contributed by atoms with Crippen molar-refractivity contribution < 1.29 is 39.6 Å². The molecule has 8 nitrogen and oxygen atoms in total. The Labute approximate surface area is 532 Å². The second kappa shape index (κ2) is 25.2. The van der Waals surface area contributed by atoms with Gasteiger partial charge in [-0.05, 0) is 285 Å². The summed E-state index contributed by atoms with van der Waals surface area (Å²) < 4.78 is 0. The number of carboxylic acids is 4. The molecule has 1 aromatic rings. The van der Waals surface area contributed by atoms with E-state index in [1.807, 2.05) is 27.7 Å². The smallest absolute Gasteiger partial charge is 0.309 e. The monoisotopic (exact) mass is 1210 g/mol. The van der Waals surface area contributed by atoms with Crippen LogP contribution in [0.25, 0.3) is 0 Å². The molecular formula is C80H118O8. The Balaban J connectivity index is 0.000000140. The summed E-state index contributed by atoms with van der Waals surface area (Å²) >= 11 is 0. The first kappa shape index (κ1) is 67.9. The molecule has 0 amide bonds. The Bertz CT molecular complexity index is 3060. The molecule has 6 unspecified atom stereocenters. The second-order valence-corrected chi connectivity index (χ2v) is 33.7. The average molecular weight is 1210 g/mol. The zero-order chi connectivity index (χ0) is 64.5. The fraction of sp³-hybridized carbons (Fsp3) is 0.725. The topological polar surface area (TPSA) is 149 Å². The zero-order valence-corrected chi connectivity index (χ0v) is 57.8. The number of allylic oxidation sites excluding steroid dienone is 12. The van der Waals surface area contributed by atoms with Gasteiger partial charge >= 0.3 is 23.9 Å². The Kier molecular flexibility index (Phi) is 19.5. The molecular weight excluding hydrogens is 1090 g/mol. The lowest BCUT2D eigenvalue weighted by Gasteiger charge is -2.58. The summed E-state index contributed by atoms with van der Waals surface area (Å²) in [6.45, 7) is 35.4. The van der Waals surface area contributed by atoms with E-state index in [0.717, 1.165) is 122 Å². The highest BCUT2D eigenvalue weighted by Gasteiger charge is 2.61. The lowest BCUT2D eigenvalue weighted by Crippen LogP contribution is -2.53. The van der Waals surface area contributed by atoms with Gasteiger partial charge in [-0.1, -0.05) is 165 Å². The number of aryl methyl sites for hydroxylation is 1. The van der Waals surface area contributed by atoms with Crippen LogP contribution in [0.3, 0.4) is 0 Å². The summed E-state index contributed by atoms with van der Waals surface area (Å²) in [5, 5.41) is 39.3. The molecule has 0 aliphatic heterocycles. The largest absolute Gasteiger partial charge is 0.481 e. The number of hydrogen-bond donors (Lipinski definition) is 4. The summed E-state index contributed by atoms with van der Waals surface area (Å²) in [4.78, 5) is 47.8. The number of carboxylic acid groups (broad SMARTS) is 4. The van der Waals surface area contributed by atoms with Crippen molar-refractivity contribution in [2.75, 3.05) is 0 Å². The van der Waals surface area contributed by atoms with Crippen molar-refractivity contribution in [3.05, 3.63) is 104 Å². The van der Waals surface area contributed by atoms with Gasteiger partial charge in [0.2, 0.25) is 0 Å². The molecule has 6 fully saturated rings. The number of fused-ring (bicyclic) bond motifs is 11. The van der Waals surface area contributed by atoms with Crippen LogP contribution in [0.4, 0.5) is 0 Å². The van der Waals surface area contributed by atoms with Gasteiger partial charge in [-0.2, -0.15) is 0 Å². The van der Waals surface area contributed by atoms with Crippen LogP contribution in [0.15, 0.2) is 87.1 Å². The van der Waals surface area contributed by atoms with E-state index in [-0.39, 0.29) is 27.6 Å². The van der Waals surface area contributed by atoms with Gasteiger partial charge in [0.05, 0.1) is 21.7 Å². The normalized spacial score (nSPS) is 38.8. The SMILES string of the molecule is CC(C)=C1C=C2CCC3[C@](C)(CCC[C@@]3(C)C(=O)O)C2CC1.CC(C)C1=CC2=C(CC1)[C@@]1(C)CCC[C@@](C)(C(=O)O)C1CC2.CC(C)C1=CCC2C(=C1)CCC1[C@]2(C)CCC[C@@]1(C)C(=O)O.CC(C)c1ccc2c(c1)CCC1[C@](C)(C(=O)O)CCC[C@]21C. The van der Waals surface area contributed by atoms with E-state index in [0.29, 0.717) is 47.3 Å². The predicted molar refractivity (Wildman–Crippen MR) is 358 cm³/mol. The maximum absolute atomic E-state index is 12.0. The first-order chi connectivity index (χ1) is 41.1. The van der Waals surface area contributed by atoms with E-state index >= 15 is 0 Å². The van der Waals surface area contributed by atoms with Crippen molar-refractivity contribution in [3.63, 3.8) is 0 Å². The standard InChI is InChI=1S/3C20H30O2.C20H28O2/c4*1-13(2)14-6-8-16-15(12-14)7-9-17-19(16,3)10-5-11-20(17,4)18(21)22/h12,16-17H,5-11H2,1-4H3,(H,21,22);12-13,17H,5-11H2,1-4H3,(H,21,22);6,12-13,16-17H,5,7-11H2,1-4H3,(H,21,22);6,8,12-13,17H,5,7,9-11H2,1-4H3,(H,21,22)/t16?,17?,19-,20-;17?,19-,20-;16?,17?,19-,20-;17?,19-,20-/m1111/s1. The molecule has 0 saturated heterocycles. The average Bonchev–Trinajstić information content (AvgIpc) is 1.03. The van der Waals surface area contributed by atoms with Gasteiger partial charge in [-0.25, -0.2) is 0 Å². The summed E-state index contributed by atoms with van der Waals surface area (Å²) in [5.41, 5.74) is 15.0. The molecule has 0 heterocycles. The summed E-state index contributed by atoms with van der Waals surface area (Å²) in [6.07, 6.45) is 36.3. The van der Waals surface area contributed by atoms with Crippen molar-refractivity contribution in [3.8, 4) is 0 Å². The van der Waals surface area contributed by atoms with E-state index in [2.05, 4.69) is 126 Å². The van der Waals surface area contributed by atoms with Crippen LogP contribution in [-0.2, 0) is 31.0 Å². The van der Waals surface area contributed by atoms with E-state index in [9.17, 15) is 39.6 Å². The molecule has 12 rings (SSSR count). The van der Waals surface area contributed by atoms with Gasteiger partial charge in [0, 0.05) is 0 Å². The molecule has 486 valence electrons. The highest BCUT2D eigenvalue weighted by atomic mass is 16.4. The van der Waals surface area contributed by atoms with Crippen LogP contribution >= 0.6 is 0 Å². The second-order valence-electron chi connectivity index (χ2n) is 33.7. The third-order valence-electron chi connectivity index (χ3n) is 27.7. The van der Waals surface area contributed by atoms with E-state index in [4.69, 9.17) is 0 Å². The summed E-state index contributed by atoms with van der Waals surface area (Å²) in [6, 6.07) is 6.92. The maximum Gasteiger partial charge on any atom is 0.309 e. The van der Waals surface area contributed by atoms with E-state index in [1.165, 1.54) is 71.9 Å². The number of hydrogen-bond acceptors (Lipinski definition) is 4. The molecule has 4 N–H and O–H groups in total. The van der Waals surface area contributed by atoms with Gasteiger partial charge in [0.1, 0.15) is 0 Å². The first-order valence-electron chi connectivity index (χ1n) is 35.4. The molecule has 8 heteroatoms. The Hall–Kier alpha value is -4.46. The molecule has 14 atom stereocenters. The molecule has 0 aromatic heterocycles. The van der Waals surface area contributed by atoms with Crippen LogP contribution < -0.4 is 0 Å². The van der Waals surface area contributed by atoms with E-state index < -0.39 is 45.5 Å².